The maximum Gasteiger partial charge on any atom is 0.101 e. The SMILES string of the molecule is CCCCCCCCCCCCN1C=CN(CCCCCC)C1CCCCCCCCC. The Bertz CT molecular complexity index is 406. The minimum atomic E-state index is 0.644. The first-order valence-corrected chi connectivity index (χ1v) is 15.0. The van der Waals surface area contributed by atoms with Crippen LogP contribution < -0.4 is 0 Å². The second kappa shape index (κ2) is 22.1. The van der Waals surface area contributed by atoms with E-state index in [9.17, 15) is 0 Å². The van der Waals surface area contributed by atoms with E-state index >= 15 is 0 Å². The zero-order valence-corrected chi connectivity index (χ0v) is 22.6. The molecule has 32 heavy (non-hydrogen) atoms. The molecular formula is C30H60N2. The molecule has 0 aromatic rings. The van der Waals surface area contributed by atoms with Crippen LogP contribution >= 0.6 is 0 Å². The van der Waals surface area contributed by atoms with Gasteiger partial charge in [-0.25, -0.2) is 0 Å². The smallest absolute Gasteiger partial charge is 0.101 e. The predicted octanol–water partition coefficient (Wildman–Crippen LogP) is 10.0. The number of hydrogen-bond acceptors (Lipinski definition) is 2. The number of rotatable bonds is 24. The molecule has 1 aliphatic rings. The van der Waals surface area contributed by atoms with Crippen LogP contribution in [0.15, 0.2) is 12.4 Å². The highest BCUT2D eigenvalue weighted by Crippen LogP contribution is 2.23. The van der Waals surface area contributed by atoms with Crippen molar-refractivity contribution in [1.29, 1.82) is 0 Å². The molecule has 0 bridgehead atoms. The fourth-order valence-corrected chi connectivity index (χ4v) is 5.13. The summed E-state index contributed by atoms with van der Waals surface area (Å²) >= 11 is 0. The van der Waals surface area contributed by atoms with Gasteiger partial charge < -0.3 is 9.80 Å². The monoisotopic (exact) mass is 448 g/mol. The molecule has 2 nitrogen and oxygen atoms in total. The van der Waals surface area contributed by atoms with Gasteiger partial charge >= 0.3 is 0 Å². The average Bonchev–Trinajstić information content (AvgIpc) is 3.19. The summed E-state index contributed by atoms with van der Waals surface area (Å²) < 4.78 is 0. The molecule has 1 unspecified atom stereocenters. The first-order chi connectivity index (χ1) is 15.8. The fourth-order valence-electron chi connectivity index (χ4n) is 5.13. The predicted molar refractivity (Wildman–Crippen MR) is 145 cm³/mol. The van der Waals surface area contributed by atoms with Crippen molar-refractivity contribution in [2.45, 2.75) is 168 Å². The van der Waals surface area contributed by atoms with Crippen LogP contribution in [0.1, 0.15) is 162 Å². The molecule has 190 valence electrons. The molecule has 0 N–H and O–H groups in total. The van der Waals surface area contributed by atoms with Gasteiger partial charge in [-0.15, -0.1) is 0 Å². The Hall–Kier alpha value is -0.660. The van der Waals surface area contributed by atoms with E-state index in [1.165, 1.54) is 154 Å². The molecule has 1 aliphatic heterocycles. The Morgan fingerprint density at radius 2 is 0.719 bits per heavy atom. The van der Waals surface area contributed by atoms with Crippen molar-refractivity contribution in [3.63, 3.8) is 0 Å². The minimum absolute atomic E-state index is 0.644. The van der Waals surface area contributed by atoms with Gasteiger partial charge in [0.25, 0.3) is 0 Å². The molecule has 1 heterocycles. The van der Waals surface area contributed by atoms with Crippen LogP contribution in [-0.4, -0.2) is 29.1 Å². The van der Waals surface area contributed by atoms with Crippen molar-refractivity contribution in [3.05, 3.63) is 12.4 Å². The van der Waals surface area contributed by atoms with Crippen LogP contribution in [0.5, 0.6) is 0 Å². The van der Waals surface area contributed by atoms with Crippen LogP contribution in [0.2, 0.25) is 0 Å². The molecule has 0 amide bonds. The molecule has 0 fully saturated rings. The Morgan fingerprint density at radius 3 is 1.12 bits per heavy atom. The van der Waals surface area contributed by atoms with Gasteiger partial charge in [0.1, 0.15) is 6.17 Å². The maximum atomic E-state index is 2.68. The highest BCUT2D eigenvalue weighted by atomic mass is 15.4. The summed E-state index contributed by atoms with van der Waals surface area (Å²) in [5, 5.41) is 0. The lowest BCUT2D eigenvalue weighted by molar-refractivity contribution is 0.135. The fraction of sp³-hybridized carbons (Fsp3) is 0.933. The molecule has 2 heteroatoms. The standard InChI is InChI=1S/C30H60N2/c1-4-7-10-13-15-16-17-19-21-24-27-32-29-28-31(26-23-12-9-6-3)30(32)25-22-20-18-14-11-8-5-2/h28-30H,4-27H2,1-3H3. The first kappa shape index (κ1) is 29.4. The van der Waals surface area contributed by atoms with Gasteiger partial charge in [-0.05, 0) is 25.7 Å². The highest BCUT2D eigenvalue weighted by Gasteiger charge is 2.24. The summed E-state index contributed by atoms with van der Waals surface area (Å²) in [7, 11) is 0. The third-order valence-electron chi connectivity index (χ3n) is 7.32. The molecule has 1 rings (SSSR count). The molecular weight excluding hydrogens is 388 g/mol. The van der Waals surface area contributed by atoms with Gasteiger partial charge in [-0.1, -0.05) is 136 Å². The molecule has 0 aliphatic carbocycles. The summed E-state index contributed by atoms with van der Waals surface area (Å²) in [5.41, 5.74) is 0. The lowest BCUT2D eigenvalue weighted by Gasteiger charge is -2.33. The largest absolute Gasteiger partial charge is 0.356 e. The topological polar surface area (TPSA) is 6.48 Å². The molecule has 0 aromatic carbocycles. The Labute approximate surface area is 203 Å². The molecule has 0 saturated heterocycles. The van der Waals surface area contributed by atoms with Crippen LogP contribution in [0.3, 0.4) is 0 Å². The van der Waals surface area contributed by atoms with Gasteiger partial charge in [-0.3, -0.25) is 0 Å². The summed E-state index contributed by atoms with van der Waals surface area (Å²) in [5.74, 6) is 0. The molecule has 0 aromatic heterocycles. The van der Waals surface area contributed by atoms with Crippen LogP contribution in [-0.2, 0) is 0 Å². The lowest BCUT2D eigenvalue weighted by atomic mass is 10.1. The van der Waals surface area contributed by atoms with Crippen LogP contribution in [0, 0.1) is 0 Å². The van der Waals surface area contributed by atoms with Gasteiger partial charge in [-0.2, -0.15) is 0 Å². The zero-order chi connectivity index (χ0) is 23.1. The van der Waals surface area contributed by atoms with Crippen molar-refractivity contribution >= 4 is 0 Å². The number of unbranched alkanes of at least 4 members (excludes halogenated alkanes) is 18. The van der Waals surface area contributed by atoms with E-state index in [-0.39, 0.29) is 0 Å². The van der Waals surface area contributed by atoms with E-state index < -0.39 is 0 Å². The third kappa shape index (κ3) is 15.2. The lowest BCUT2D eigenvalue weighted by Crippen LogP contribution is -2.39. The van der Waals surface area contributed by atoms with E-state index in [4.69, 9.17) is 0 Å². The van der Waals surface area contributed by atoms with Crippen LogP contribution in [0.4, 0.5) is 0 Å². The molecule has 0 radical (unpaired) electrons. The van der Waals surface area contributed by atoms with Gasteiger partial charge in [0, 0.05) is 25.5 Å². The Kier molecular flexibility index (Phi) is 20.3. The Morgan fingerprint density at radius 1 is 0.406 bits per heavy atom. The van der Waals surface area contributed by atoms with E-state index in [2.05, 4.69) is 43.0 Å². The molecule has 0 spiro atoms. The normalized spacial score (nSPS) is 15.9. The van der Waals surface area contributed by atoms with E-state index in [1.54, 1.807) is 0 Å². The summed E-state index contributed by atoms with van der Waals surface area (Å²) in [6, 6.07) is 0. The minimum Gasteiger partial charge on any atom is -0.356 e. The summed E-state index contributed by atoms with van der Waals surface area (Å²) in [6.07, 6.45) is 36.5. The first-order valence-electron chi connectivity index (χ1n) is 15.0. The summed E-state index contributed by atoms with van der Waals surface area (Å²) in [4.78, 5) is 5.35. The van der Waals surface area contributed by atoms with E-state index in [1.807, 2.05) is 0 Å². The Balaban J connectivity index is 2.22. The summed E-state index contributed by atoms with van der Waals surface area (Å²) in [6.45, 7) is 9.45. The second-order valence-corrected chi connectivity index (χ2v) is 10.4. The second-order valence-electron chi connectivity index (χ2n) is 10.4. The van der Waals surface area contributed by atoms with Gasteiger partial charge in [0.2, 0.25) is 0 Å². The quantitative estimate of drug-likeness (QED) is 0.135. The van der Waals surface area contributed by atoms with Crippen molar-refractivity contribution in [2.24, 2.45) is 0 Å². The van der Waals surface area contributed by atoms with Crippen molar-refractivity contribution in [1.82, 2.24) is 9.80 Å². The number of nitrogens with zero attached hydrogens (tertiary/aromatic N) is 2. The van der Waals surface area contributed by atoms with E-state index in [0.29, 0.717) is 6.17 Å². The van der Waals surface area contributed by atoms with E-state index in [0.717, 1.165) is 0 Å². The van der Waals surface area contributed by atoms with Crippen molar-refractivity contribution in [3.8, 4) is 0 Å². The molecule has 0 saturated carbocycles. The van der Waals surface area contributed by atoms with Crippen molar-refractivity contribution < 1.29 is 0 Å². The van der Waals surface area contributed by atoms with Crippen LogP contribution in [0.25, 0.3) is 0 Å². The van der Waals surface area contributed by atoms with Crippen molar-refractivity contribution in [2.75, 3.05) is 13.1 Å². The maximum absolute atomic E-state index is 2.68. The zero-order valence-electron chi connectivity index (χ0n) is 22.6. The number of hydrogen-bond donors (Lipinski definition) is 0. The average molecular weight is 449 g/mol. The van der Waals surface area contributed by atoms with Gasteiger partial charge in [0.15, 0.2) is 0 Å². The third-order valence-corrected chi connectivity index (χ3v) is 7.32. The highest BCUT2D eigenvalue weighted by molar-refractivity contribution is 4.97. The van der Waals surface area contributed by atoms with Gasteiger partial charge in [0.05, 0.1) is 0 Å². The molecule has 1 atom stereocenters.